The second-order valence-corrected chi connectivity index (χ2v) is 4.44. The molecule has 0 saturated heterocycles. The molecule has 0 aliphatic heterocycles. The summed E-state index contributed by atoms with van der Waals surface area (Å²) in [5.74, 6) is 0. The molecule has 0 aromatic heterocycles. The molecule has 0 bridgehead atoms. The van der Waals surface area contributed by atoms with Crippen molar-refractivity contribution in [2.45, 2.75) is 72.1 Å². The minimum Gasteiger partial charge on any atom is -0.198 e. The average molecular weight is 195 g/mol. The first-order chi connectivity index (χ1) is 6.74. The second-order valence-electron chi connectivity index (χ2n) is 4.44. The van der Waals surface area contributed by atoms with E-state index in [1.54, 1.807) is 0 Å². The molecule has 0 atom stereocenters. The topological polar surface area (TPSA) is 23.8 Å². The first-order valence-electron chi connectivity index (χ1n) is 6.11. The zero-order chi connectivity index (χ0) is 10.9. The van der Waals surface area contributed by atoms with E-state index in [9.17, 15) is 0 Å². The van der Waals surface area contributed by atoms with Crippen LogP contribution in [0.3, 0.4) is 0 Å². The summed E-state index contributed by atoms with van der Waals surface area (Å²) in [6.45, 7) is 6.69. The summed E-state index contributed by atoms with van der Waals surface area (Å²) in [7, 11) is 0. The van der Waals surface area contributed by atoms with Crippen LogP contribution < -0.4 is 0 Å². The largest absolute Gasteiger partial charge is 0.198 e. The zero-order valence-electron chi connectivity index (χ0n) is 10.1. The maximum absolute atomic E-state index is 8.90. The van der Waals surface area contributed by atoms with Gasteiger partial charge >= 0.3 is 0 Å². The van der Waals surface area contributed by atoms with Crippen molar-refractivity contribution < 1.29 is 0 Å². The van der Waals surface area contributed by atoms with Crippen molar-refractivity contribution in [1.29, 1.82) is 5.26 Å². The van der Waals surface area contributed by atoms with Gasteiger partial charge in [-0.2, -0.15) is 5.26 Å². The summed E-state index contributed by atoms with van der Waals surface area (Å²) in [6.07, 6.45) is 9.43. The summed E-state index contributed by atoms with van der Waals surface area (Å²) in [6, 6.07) is 2.39. The van der Waals surface area contributed by atoms with Crippen LogP contribution in [0.15, 0.2) is 0 Å². The van der Waals surface area contributed by atoms with E-state index >= 15 is 0 Å². The molecule has 0 radical (unpaired) electrons. The number of hydrogen-bond acceptors (Lipinski definition) is 1. The van der Waals surface area contributed by atoms with Crippen LogP contribution in [-0.4, -0.2) is 0 Å². The van der Waals surface area contributed by atoms with E-state index in [1.165, 1.54) is 44.9 Å². The molecule has 0 heterocycles. The Hall–Kier alpha value is -0.510. The molecule has 0 N–H and O–H groups in total. The van der Waals surface area contributed by atoms with E-state index in [1.807, 2.05) is 0 Å². The highest BCUT2D eigenvalue weighted by molar-refractivity contribution is 4.88. The molecule has 82 valence electrons. The van der Waals surface area contributed by atoms with Gasteiger partial charge in [-0.15, -0.1) is 0 Å². The highest BCUT2D eigenvalue weighted by atomic mass is 14.3. The summed E-state index contributed by atoms with van der Waals surface area (Å²) in [5, 5.41) is 8.90. The third kappa shape index (κ3) is 4.65. The summed E-state index contributed by atoms with van der Waals surface area (Å²) in [5.41, 5.74) is 0.342. The Morgan fingerprint density at radius 1 is 0.929 bits per heavy atom. The summed E-state index contributed by atoms with van der Waals surface area (Å²) < 4.78 is 0. The Morgan fingerprint density at radius 3 is 1.86 bits per heavy atom. The predicted molar refractivity (Wildman–Crippen MR) is 62.0 cm³/mol. The van der Waals surface area contributed by atoms with E-state index < -0.39 is 0 Å². The maximum atomic E-state index is 8.90. The van der Waals surface area contributed by atoms with E-state index in [4.69, 9.17) is 5.26 Å². The quantitative estimate of drug-likeness (QED) is 0.552. The van der Waals surface area contributed by atoms with Crippen molar-refractivity contribution in [3.63, 3.8) is 0 Å². The van der Waals surface area contributed by atoms with Crippen molar-refractivity contribution in [2.24, 2.45) is 5.41 Å². The second kappa shape index (κ2) is 7.85. The van der Waals surface area contributed by atoms with Crippen LogP contribution in [0.4, 0.5) is 0 Å². The molecule has 0 aromatic carbocycles. The fourth-order valence-electron chi connectivity index (χ4n) is 2.42. The van der Waals surface area contributed by atoms with E-state index in [-0.39, 0.29) is 0 Å². The summed E-state index contributed by atoms with van der Waals surface area (Å²) in [4.78, 5) is 0. The van der Waals surface area contributed by atoms with Crippen LogP contribution in [0, 0.1) is 16.7 Å². The maximum Gasteiger partial charge on any atom is 0.0627 e. The van der Waals surface area contributed by atoms with E-state index in [2.05, 4.69) is 26.8 Å². The van der Waals surface area contributed by atoms with Crippen LogP contribution in [0.5, 0.6) is 0 Å². The van der Waals surface area contributed by atoms with Gasteiger partial charge in [0.25, 0.3) is 0 Å². The molecule has 0 amide bonds. The predicted octanol–water partition coefficient (Wildman–Crippen LogP) is 4.68. The molecule has 0 rings (SSSR count). The van der Waals surface area contributed by atoms with Gasteiger partial charge in [0.1, 0.15) is 0 Å². The normalized spacial score (nSPS) is 11.3. The Balaban J connectivity index is 4.31. The Labute approximate surface area is 89.5 Å². The van der Waals surface area contributed by atoms with Gasteiger partial charge in [0, 0.05) is 6.42 Å². The van der Waals surface area contributed by atoms with Gasteiger partial charge in [-0.1, -0.05) is 46.5 Å². The third-order valence-corrected chi connectivity index (χ3v) is 3.08. The Morgan fingerprint density at radius 2 is 1.50 bits per heavy atom. The highest BCUT2D eigenvalue weighted by Crippen LogP contribution is 2.38. The van der Waals surface area contributed by atoms with Gasteiger partial charge in [-0.3, -0.25) is 0 Å². The molecule has 0 unspecified atom stereocenters. The van der Waals surface area contributed by atoms with Crippen LogP contribution in [0.2, 0.25) is 0 Å². The molecule has 0 aliphatic rings. The minimum absolute atomic E-state index is 0.342. The molecule has 0 aromatic rings. The lowest BCUT2D eigenvalue weighted by molar-refractivity contribution is 0.213. The van der Waals surface area contributed by atoms with Gasteiger partial charge in [-0.25, -0.2) is 0 Å². The van der Waals surface area contributed by atoms with Gasteiger partial charge < -0.3 is 0 Å². The van der Waals surface area contributed by atoms with Crippen LogP contribution in [0.1, 0.15) is 72.1 Å². The molecule has 14 heavy (non-hydrogen) atoms. The molecular weight excluding hydrogens is 170 g/mol. The van der Waals surface area contributed by atoms with Crippen molar-refractivity contribution in [3.05, 3.63) is 0 Å². The Bertz CT molecular complexity index is 161. The monoisotopic (exact) mass is 195 g/mol. The van der Waals surface area contributed by atoms with Gasteiger partial charge in [0.05, 0.1) is 6.07 Å². The number of nitrogens with zero attached hydrogens (tertiary/aromatic N) is 1. The molecule has 1 nitrogen and oxygen atoms in total. The lowest BCUT2D eigenvalue weighted by Gasteiger charge is -2.31. The molecule has 0 spiro atoms. The molecule has 0 fully saturated rings. The average Bonchev–Trinajstić information content (AvgIpc) is 2.16. The van der Waals surface area contributed by atoms with Crippen LogP contribution in [0.25, 0.3) is 0 Å². The highest BCUT2D eigenvalue weighted by Gasteiger charge is 2.27. The van der Waals surface area contributed by atoms with Gasteiger partial charge in [0.2, 0.25) is 0 Å². The van der Waals surface area contributed by atoms with Crippen LogP contribution >= 0.6 is 0 Å². The minimum atomic E-state index is 0.342. The lowest BCUT2D eigenvalue weighted by atomic mass is 9.73. The van der Waals surface area contributed by atoms with Crippen molar-refractivity contribution in [3.8, 4) is 6.07 Å². The summed E-state index contributed by atoms with van der Waals surface area (Å²) >= 11 is 0. The number of unbranched alkanes of at least 4 members (excludes halogenated alkanes) is 1. The smallest absolute Gasteiger partial charge is 0.0627 e. The molecule has 1 heteroatoms. The number of rotatable bonds is 8. The fourth-order valence-corrected chi connectivity index (χ4v) is 2.42. The fraction of sp³-hybridized carbons (Fsp3) is 0.923. The van der Waals surface area contributed by atoms with Gasteiger partial charge in [-0.05, 0) is 24.7 Å². The standard InChI is InChI=1S/C13H25N/c1-4-7-10-13(8-5-2,9-6-3)11-12-14/h4-11H2,1-3H3. The number of nitriles is 1. The van der Waals surface area contributed by atoms with E-state index in [0.717, 1.165) is 6.42 Å². The van der Waals surface area contributed by atoms with E-state index in [0.29, 0.717) is 5.41 Å². The third-order valence-electron chi connectivity index (χ3n) is 3.08. The SMILES string of the molecule is CCCCC(CC#N)(CCC)CCC. The molecule has 0 aliphatic carbocycles. The van der Waals surface area contributed by atoms with Crippen molar-refractivity contribution in [2.75, 3.05) is 0 Å². The van der Waals surface area contributed by atoms with Crippen LogP contribution in [-0.2, 0) is 0 Å². The van der Waals surface area contributed by atoms with Gasteiger partial charge in [0.15, 0.2) is 0 Å². The van der Waals surface area contributed by atoms with Crippen molar-refractivity contribution >= 4 is 0 Å². The zero-order valence-corrected chi connectivity index (χ0v) is 10.1. The first kappa shape index (κ1) is 13.5. The molecule has 0 saturated carbocycles. The lowest BCUT2D eigenvalue weighted by Crippen LogP contribution is -2.20. The number of hydrogen-bond donors (Lipinski definition) is 0. The Kier molecular flexibility index (Phi) is 7.57. The van der Waals surface area contributed by atoms with Crippen molar-refractivity contribution in [1.82, 2.24) is 0 Å². The molecular formula is C13H25N. The first-order valence-corrected chi connectivity index (χ1v) is 6.11.